The van der Waals surface area contributed by atoms with E-state index in [1.807, 2.05) is 18.2 Å². The molecule has 0 unspecified atom stereocenters. The molecule has 1 saturated carbocycles. The van der Waals surface area contributed by atoms with E-state index in [0.29, 0.717) is 11.3 Å². The largest absolute Gasteiger partial charge is 0.353 e. The van der Waals surface area contributed by atoms with E-state index in [4.69, 9.17) is 4.98 Å². The second-order valence-corrected chi connectivity index (χ2v) is 11.5. The summed E-state index contributed by atoms with van der Waals surface area (Å²) in [5.41, 5.74) is 3.32. The lowest BCUT2D eigenvalue weighted by Crippen LogP contribution is -2.47. The number of aryl methyl sites for hydroxylation is 1. The average Bonchev–Trinajstić information content (AvgIpc) is 2.89. The van der Waals surface area contributed by atoms with Crippen LogP contribution in [0.15, 0.2) is 42.7 Å². The summed E-state index contributed by atoms with van der Waals surface area (Å²) in [7, 11) is 0. The summed E-state index contributed by atoms with van der Waals surface area (Å²) in [6.07, 6.45) is 7.81. The molecule has 0 bridgehead atoms. The van der Waals surface area contributed by atoms with Gasteiger partial charge in [0.05, 0.1) is 5.52 Å². The Hall–Kier alpha value is -3.22. The maximum Gasteiger partial charge on any atom is 0.227 e. The van der Waals surface area contributed by atoms with Crippen molar-refractivity contribution in [3.63, 3.8) is 0 Å². The monoisotopic (exact) mass is 486 g/mol. The molecule has 2 fully saturated rings. The molecular formula is C29H38N6O. The highest BCUT2D eigenvalue weighted by molar-refractivity contribution is 5.96. The molecule has 1 amide bonds. The number of nitrogens with one attached hydrogen (secondary N) is 1. The molecule has 7 nitrogen and oxygen atoms in total. The number of pyridine rings is 1. The van der Waals surface area contributed by atoms with E-state index in [-0.39, 0.29) is 11.8 Å². The standard InChI is InChI=1S/C29H38N6O/c1-20-18-26(34-14-16-35(17-15-34)28-30-12-5-13-31-28)33-25-11-10-23(19-24(20)25)32-27(36)21-6-8-22(9-7-21)29(2,3)4/h5,10-13,18-19,21-22H,6-9,14-17H2,1-4H3,(H,32,36). The first-order valence-corrected chi connectivity index (χ1v) is 13.3. The average molecular weight is 487 g/mol. The molecule has 7 heteroatoms. The normalized spacial score (nSPS) is 21.0. The molecule has 1 aromatic carbocycles. The van der Waals surface area contributed by atoms with Gasteiger partial charge in [-0.05, 0) is 79.8 Å². The number of benzene rings is 1. The molecule has 0 atom stereocenters. The third-order valence-corrected chi connectivity index (χ3v) is 8.03. The van der Waals surface area contributed by atoms with Crippen LogP contribution in [-0.4, -0.2) is 47.0 Å². The molecule has 5 rings (SSSR count). The lowest BCUT2D eigenvalue weighted by atomic mass is 9.69. The SMILES string of the molecule is Cc1cc(N2CCN(c3ncccn3)CC2)nc2ccc(NC(=O)C3CCC(C(C)(C)C)CC3)cc12. The summed E-state index contributed by atoms with van der Waals surface area (Å²) >= 11 is 0. The summed E-state index contributed by atoms with van der Waals surface area (Å²) in [5, 5.41) is 4.28. The van der Waals surface area contributed by atoms with E-state index in [1.54, 1.807) is 12.4 Å². The van der Waals surface area contributed by atoms with Crippen LogP contribution in [0.3, 0.4) is 0 Å². The maximum atomic E-state index is 13.0. The fourth-order valence-corrected chi connectivity index (χ4v) is 5.67. The highest BCUT2D eigenvalue weighted by atomic mass is 16.1. The Morgan fingerprint density at radius 3 is 2.28 bits per heavy atom. The van der Waals surface area contributed by atoms with Gasteiger partial charge in [-0.25, -0.2) is 15.0 Å². The molecular weight excluding hydrogens is 448 g/mol. The van der Waals surface area contributed by atoms with Crippen molar-refractivity contribution >= 4 is 34.3 Å². The van der Waals surface area contributed by atoms with Crippen LogP contribution in [0.2, 0.25) is 0 Å². The van der Waals surface area contributed by atoms with Crippen LogP contribution in [0.1, 0.15) is 52.0 Å². The smallest absolute Gasteiger partial charge is 0.227 e. The van der Waals surface area contributed by atoms with Gasteiger partial charge >= 0.3 is 0 Å². The molecule has 2 aliphatic rings. The van der Waals surface area contributed by atoms with Crippen LogP contribution in [0.25, 0.3) is 10.9 Å². The number of fused-ring (bicyclic) bond motifs is 1. The Balaban J connectivity index is 1.23. The summed E-state index contributed by atoms with van der Waals surface area (Å²) in [4.78, 5) is 31.3. The van der Waals surface area contributed by atoms with E-state index < -0.39 is 0 Å². The van der Waals surface area contributed by atoms with Gasteiger partial charge in [0.15, 0.2) is 0 Å². The minimum Gasteiger partial charge on any atom is -0.353 e. The van der Waals surface area contributed by atoms with Gasteiger partial charge < -0.3 is 15.1 Å². The number of nitrogens with zero attached hydrogens (tertiary/aromatic N) is 5. The maximum absolute atomic E-state index is 13.0. The first-order chi connectivity index (χ1) is 17.3. The van der Waals surface area contributed by atoms with Crippen molar-refractivity contribution in [3.8, 4) is 0 Å². The molecule has 36 heavy (non-hydrogen) atoms. The van der Waals surface area contributed by atoms with E-state index in [1.165, 1.54) is 5.56 Å². The number of anilines is 3. The Labute approximate surface area is 214 Å². The molecule has 1 aliphatic carbocycles. The number of hydrogen-bond donors (Lipinski definition) is 1. The number of rotatable bonds is 4. The van der Waals surface area contributed by atoms with E-state index in [9.17, 15) is 4.79 Å². The number of aromatic nitrogens is 3. The van der Waals surface area contributed by atoms with Crippen LogP contribution < -0.4 is 15.1 Å². The highest BCUT2D eigenvalue weighted by Crippen LogP contribution is 2.40. The predicted molar refractivity (Wildman–Crippen MR) is 146 cm³/mol. The molecule has 190 valence electrons. The van der Waals surface area contributed by atoms with Crippen molar-refractivity contribution in [1.82, 2.24) is 15.0 Å². The molecule has 1 saturated heterocycles. The third kappa shape index (κ3) is 5.30. The van der Waals surface area contributed by atoms with Gasteiger partial charge in [0.2, 0.25) is 11.9 Å². The zero-order valence-electron chi connectivity index (χ0n) is 22.0. The first kappa shape index (κ1) is 24.5. The summed E-state index contributed by atoms with van der Waals surface area (Å²) in [6, 6.07) is 10.1. The zero-order chi connectivity index (χ0) is 25.3. The Kier molecular flexibility index (Phi) is 6.82. The van der Waals surface area contributed by atoms with Crippen molar-refractivity contribution < 1.29 is 4.79 Å². The van der Waals surface area contributed by atoms with Gasteiger partial charge in [0, 0.05) is 55.6 Å². The van der Waals surface area contributed by atoms with Crippen molar-refractivity contribution in [1.29, 1.82) is 0 Å². The fourth-order valence-electron chi connectivity index (χ4n) is 5.67. The first-order valence-electron chi connectivity index (χ1n) is 13.3. The Morgan fingerprint density at radius 2 is 1.61 bits per heavy atom. The topological polar surface area (TPSA) is 74.2 Å². The molecule has 0 radical (unpaired) electrons. The lowest BCUT2D eigenvalue weighted by Gasteiger charge is -2.36. The number of piperazine rings is 1. The number of carbonyl (C=O) groups is 1. The van der Waals surface area contributed by atoms with Gasteiger partial charge in [0.1, 0.15) is 5.82 Å². The van der Waals surface area contributed by atoms with Crippen molar-refractivity contribution in [3.05, 3.63) is 48.3 Å². The van der Waals surface area contributed by atoms with Crippen molar-refractivity contribution in [2.24, 2.45) is 17.3 Å². The fraction of sp³-hybridized carbons (Fsp3) is 0.517. The van der Waals surface area contributed by atoms with Gasteiger partial charge in [0.25, 0.3) is 0 Å². The van der Waals surface area contributed by atoms with Gasteiger partial charge in [-0.2, -0.15) is 0 Å². The van der Waals surface area contributed by atoms with Gasteiger partial charge in [-0.15, -0.1) is 0 Å². The second kappa shape index (κ2) is 10.0. The van der Waals surface area contributed by atoms with Crippen molar-refractivity contribution in [2.45, 2.75) is 53.4 Å². The molecule has 0 spiro atoms. The third-order valence-electron chi connectivity index (χ3n) is 8.03. The molecule has 1 aliphatic heterocycles. The second-order valence-electron chi connectivity index (χ2n) is 11.5. The number of hydrogen-bond acceptors (Lipinski definition) is 6. The molecule has 2 aromatic heterocycles. The quantitative estimate of drug-likeness (QED) is 0.529. The van der Waals surface area contributed by atoms with Gasteiger partial charge in [-0.1, -0.05) is 20.8 Å². The Bertz CT molecular complexity index is 1210. The van der Waals surface area contributed by atoms with E-state index in [2.05, 4.69) is 64.9 Å². The number of carbonyl (C=O) groups excluding carboxylic acids is 1. The lowest BCUT2D eigenvalue weighted by molar-refractivity contribution is -0.121. The molecule has 3 heterocycles. The number of amides is 1. The van der Waals surface area contributed by atoms with E-state index in [0.717, 1.165) is 80.2 Å². The van der Waals surface area contributed by atoms with E-state index >= 15 is 0 Å². The summed E-state index contributed by atoms with van der Waals surface area (Å²) in [5.74, 6) is 2.77. The van der Waals surface area contributed by atoms with Gasteiger partial charge in [-0.3, -0.25) is 4.79 Å². The molecule has 1 N–H and O–H groups in total. The van der Waals surface area contributed by atoms with Crippen LogP contribution in [0, 0.1) is 24.2 Å². The molecule has 3 aromatic rings. The minimum atomic E-state index is 0.112. The van der Waals surface area contributed by atoms with Crippen LogP contribution in [0.4, 0.5) is 17.5 Å². The van der Waals surface area contributed by atoms with Crippen LogP contribution >= 0.6 is 0 Å². The van der Waals surface area contributed by atoms with Crippen LogP contribution in [0.5, 0.6) is 0 Å². The minimum absolute atomic E-state index is 0.112. The van der Waals surface area contributed by atoms with Crippen molar-refractivity contribution in [2.75, 3.05) is 41.3 Å². The highest BCUT2D eigenvalue weighted by Gasteiger charge is 2.32. The predicted octanol–water partition coefficient (Wildman–Crippen LogP) is 5.45. The Morgan fingerprint density at radius 1 is 0.944 bits per heavy atom. The summed E-state index contributed by atoms with van der Waals surface area (Å²) in [6.45, 7) is 12.6. The zero-order valence-corrected chi connectivity index (χ0v) is 22.0. The summed E-state index contributed by atoms with van der Waals surface area (Å²) < 4.78 is 0. The van der Waals surface area contributed by atoms with Crippen LogP contribution in [-0.2, 0) is 4.79 Å².